The molecule has 6 atom stereocenters. The minimum absolute atomic E-state index is 0.0969. The van der Waals surface area contributed by atoms with Crippen LogP contribution in [0.25, 0.3) is 0 Å². The zero-order chi connectivity index (χ0) is 16.0. The van der Waals surface area contributed by atoms with Gasteiger partial charge in [0.1, 0.15) is 5.75 Å². The molecule has 0 saturated heterocycles. The molecule has 0 radical (unpaired) electrons. The molecule has 3 saturated carbocycles. The summed E-state index contributed by atoms with van der Waals surface area (Å²) in [6, 6.07) is 5.87. The Bertz CT molecular complexity index is 685. The Morgan fingerprint density at radius 1 is 1.13 bits per heavy atom. The van der Waals surface area contributed by atoms with E-state index in [4.69, 9.17) is 0 Å². The lowest BCUT2D eigenvalue weighted by molar-refractivity contribution is -0.129. The monoisotopic (exact) mass is 314 g/mol. The van der Waals surface area contributed by atoms with Crippen LogP contribution in [0.15, 0.2) is 18.2 Å². The summed E-state index contributed by atoms with van der Waals surface area (Å²) >= 11 is 0. The Morgan fingerprint density at radius 3 is 2.74 bits per heavy atom. The van der Waals surface area contributed by atoms with Gasteiger partial charge in [-0.05, 0) is 85.5 Å². The van der Waals surface area contributed by atoms with Crippen molar-refractivity contribution in [2.75, 3.05) is 0 Å². The highest BCUT2D eigenvalue weighted by atomic mass is 16.3. The maximum absolute atomic E-state index is 11.2. The molecule has 0 aromatic heterocycles. The third kappa shape index (κ3) is 1.41. The molecule has 1 unspecified atom stereocenters. The Kier molecular flexibility index (Phi) is 2.56. The maximum atomic E-state index is 11.2. The Morgan fingerprint density at radius 2 is 1.96 bits per heavy atom. The predicted octanol–water partition coefficient (Wildman–Crippen LogP) is 3.11. The SMILES string of the molecule is C[C@]12CC[C@@H]3c4ccc(O)cc4CC[C@H]3C13CC[C@@]2(O)[C@@H](O)C3. The van der Waals surface area contributed by atoms with Crippen molar-refractivity contribution in [1.29, 1.82) is 0 Å². The molecule has 0 aliphatic heterocycles. The maximum Gasteiger partial charge on any atom is 0.115 e. The van der Waals surface area contributed by atoms with E-state index in [0.29, 0.717) is 17.6 Å². The third-order valence-electron chi connectivity index (χ3n) is 8.52. The van der Waals surface area contributed by atoms with Crippen LogP contribution in [0.5, 0.6) is 5.75 Å². The molecule has 4 aliphatic carbocycles. The molecule has 3 heteroatoms. The highest BCUT2D eigenvalue weighted by Crippen LogP contribution is 2.77. The summed E-state index contributed by atoms with van der Waals surface area (Å²) in [5.74, 6) is 1.46. The number of aliphatic hydroxyl groups is 2. The summed E-state index contributed by atoms with van der Waals surface area (Å²) in [7, 11) is 0. The minimum Gasteiger partial charge on any atom is -0.508 e. The normalized spacial score (nSPS) is 50.3. The summed E-state index contributed by atoms with van der Waals surface area (Å²) in [6.45, 7) is 2.25. The van der Waals surface area contributed by atoms with Crippen LogP contribution in [0.1, 0.15) is 62.5 Å². The van der Waals surface area contributed by atoms with E-state index in [1.54, 1.807) is 0 Å². The molecule has 23 heavy (non-hydrogen) atoms. The van der Waals surface area contributed by atoms with Crippen molar-refractivity contribution in [3.63, 3.8) is 0 Å². The number of phenolic OH excluding ortho intramolecular Hbond substituents is 1. The number of fused-ring (bicyclic) bond motifs is 3. The van der Waals surface area contributed by atoms with Crippen molar-refractivity contribution in [3.8, 4) is 5.75 Å². The smallest absolute Gasteiger partial charge is 0.115 e. The number of aromatic hydroxyl groups is 1. The molecule has 3 fully saturated rings. The zero-order valence-electron chi connectivity index (χ0n) is 13.8. The fraction of sp³-hybridized carbons (Fsp3) is 0.700. The van der Waals surface area contributed by atoms with Crippen LogP contribution in [0.2, 0.25) is 0 Å². The van der Waals surface area contributed by atoms with E-state index in [1.807, 2.05) is 12.1 Å². The first-order valence-corrected chi connectivity index (χ1v) is 9.14. The average Bonchev–Trinajstić information content (AvgIpc) is 2.86. The fourth-order valence-electron chi connectivity index (χ4n) is 7.34. The quantitative estimate of drug-likeness (QED) is 0.689. The Labute approximate surface area is 137 Å². The largest absolute Gasteiger partial charge is 0.508 e. The van der Waals surface area contributed by atoms with Gasteiger partial charge in [-0.25, -0.2) is 0 Å². The van der Waals surface area contributed by atoms with Crippen LogP contribution in [0.4, 0.5) is 0 Å². The second kappa shape index (κ2) is 4.12. The molecule has 1 aromatic rings. The van der Waals surface area contributed by atoms with Crippen LogP contribution in [0, 0.1) is 16.7 Å². The lowest BCUT2D eigenvalue weighted by atomic mass is 9.48. The van der Waals surface area contributed by atoms with Gasteiger partial charge in [0, 0.05) is 5.41 Å². The van der Waals surface area contributed by atoms with Crippen molar-refractivity contribution >= 4 is 0 Å². The van der Waals surface area contributed by atoms with Crippen LogP contribution in [-0.2, 0) is 6.42 Å². The third-order valence-corrected chi connectivity index (χ3v) is 8.52. The first kappa shape index (κ1) is 14.3. The molecule has 0 amide bonds. The van der Waals surface area contributed by atoms with E-state index < -0.39 is 11.7 Å². The Hall–Kier alpha value is -1.06. The fourth-order valence-corrected chi connectivity index (χ4v) is 7.34. The number of hydrogen-bond donors (Lipinski definition) is 3. The van der Waals surface area contributed by atoms with Gasteiger partial charge in [0.05, 0.1) is 11.7 Å². The molecule has 5 rings (SSSR count). The lowest BCUT2D eigenvalue weighted by Crippen LogP contribution is -2.53. The highest BCUT2D eigenvalue weighted by Gasteiger charge is 2.76. The minimum atomic E-state index is -0.868. The van der Waals surface area contributed by atoms with Gasteiger partial charge < -0.3 is 15.3 Å². The zero-order valence-corrected chi connectivity index (χ0v) is 13.8. The van der Waals surface area contributed by atoms with Crippen LogP contribution >= 0.6 is 0 Å². The molecule has 2 bridgehead atoms. The van der Waals surface area contributed by atoms with Gasteiger partial charge in [-0.3, -0.25) is 0 Å². The van der Waals surface area contributed by atoms with E-state index in [-0.39, 0.29) is 10.8 Å². The number of rotatable bonds is 0. The second-order valence-electron chi connectivity index (χ2n) is 8.81. The number of phenols is 1. The first-order valence-electron chi connectivity index (χ1n) is 9.14. The number of aliphatic hydroxyl groups excluding tert-OH is 1. The van der Waals surface area contributed by atoms with Crippen molar-refractivity contribution in [2.24, 2.45) is 16.7 Å². The Balaban J connectivity index is 1.63. The standard InChI is InChI=1S/C20H26O3/c1-18-7-6-15-14-4-3-13(21)10-12(14)2-5-16(15)19(18)8-9-20(18,23)17(22)11-19/h3-4,10,15-17,21-23H,2,5-9,11H2,1H3/t15-,16-,17+,18+,19?,20-/m1/s1. The number of hydrogen-bond acceptors (Lipinski definition) is 3. The van der Waals surface area contributed by atoms with Crippen LogP contribution < -0.4 is 0 Å². The van der Waals surface area contributed by atoms with Gasteiger partial charge >= 0.3 is 0 Å². The summed E-state index contributed by atoms with van der Waals surface area (Å²) in [5.41, 5.74) is 1.81. The average molecular weight is 314 g/mol. The van der Waals surface area contributed by atoms with Crippen molar-refractivity contribution in [1.82, 2.24) is 0 Å². The lowest BCUT2D eigenvalue weighted by Gasteiger charge is -2.56. The van der Waals surface area contributed by atoms with Crippen LogP contribution in [0.3, 0.4) is 0 Å². The van der Waals surface area contributed by atoms with Gasteiger partial charge in [0.25, 0.3) is 0 Å². The summed E-state index contributed by atoms with van der Waals surface area (Å²) in [4.78, 5) is 0. The van der Waals surface area contributed by atoms with E-state index in [9.17, 15) is 15.3 Å². The molecule has 124 valence electrons. The van der Waals surface area contributed by atoms with Gasteiger partial charge in [-0.15, -0.1) is 0 Å². The molecule has 1 aromatic carbocycles. The molecule has 0 heterocycles. The highest BCUT2D eigenvalue weighted by molar-refractivity contribution is 5.41. The second-order valence-corrected chi connectivity index (χ2v) is 8.81. The van der Waals surface area contributed by atoms with E-state index >= 15 is 0 Å². The molecule has 0 spiro atoms. The van der Waals surface area contributed by atoms with Gasteiger partial charge in [0.2, 0.25) is 0 Å². The first-order chi connectivity index (χ1) is 10.9. The van der Waals surface area contributed by atoms with E-state index in [2.05, 4.69) is 13.0 Å². The van der Waals surface area contributed by atoms with Crippen LogP contribution in [-0.4, -0.2) is 27.0 Å². The molecule has 3 nitrogen and oxygen atoms in total. The van der Waals surface area contributed by atoms with Gasteiger partial charge in [0.15, 0.2) is 0 Å². The van der Waals surface area contributed by atoms with E-state index in [1.165, 1.54) is 11.1 Å². The number of aryl methyl sites for hydroxylation is 1. The molecule has 4 aliphatic rings. The molecular weight excluding hydrogens is 288 g/mol. The predicted molar refractivity (Wildman–Crippen MR) is 87.2 cm³/mol. The van der Waals surface area contributed by atoms with Crippen molar-refractivity contribution < 1.29 is 15.3 Å². The molecule has 3 N–H and O–H groups in total. The van der Waals surface area contributed by atoms with Gasteiger partial charge in [-0.1, -0.05) is 13.0 Å². The summed E-state index contributed by atoms with van der Waals surface area (Å²) < 4.78 is 0. The van der Waals surface area contributed by atoms with E-state index in [0.717, 1.165) is 44.9 Å². The topological polar surface area (TPSA) is 60.7 Å². The number of benzene rings is 1. The molecular formula is C20H26O3. The van der Waals surface area contributed by atoms with Crippen molar-refractivity contribution in [2.45, 2.75) is 69.5 Å². The summed E-state index contributed by atoms with van der Waals surface area (Å²) in [5, 5.41) is 31.6. The van der Waals surface area contributed by atoms with Crippen molar-refractivity contribution in [3.05, 3.63) is 29.3 Å². The summed E-state index contributed by atoms with van der Waals surface area (Å²) in [6.07, 6.45) is 6.27. The van der Waals surface area contributed by atoms with Gasteiger partial charge in [-0.2, -0.15) is 0 Å².